The lowest BCUT2D eigenvalue weighted by Gasteiger charge is -2.25. The van der Waals surface area contributed by atoms with Gasteiger partial charge < -0.3 is 25.4 Å². The molecule has 2 saturated carbocycles. The molecule has 6 nitrogen and oxygen atoms in total. The first-order chi connectivity index (χ1) is 14.9. The lowest BCUT2D eigenvalue weighted by Crippen LogP contribution is -2.35. The van der Waals surface area contributed by atoms with Gasteiger partial charge in [0.15, 0.2) is 5.79 Å². The Kier molecular flexibility index (Phi) is 7.02. The van der Waals surface area contributed by atoms with Gasteiger partial charge in [-0.1, -0.05) is 32.1 Å². The summed E-state index contributed by atoms with van der Waals surface area (Å²) < 4.78 is 26.3. The number of benzene rings is 1. The van der Waals surface area contributed by atoms with E-state index in [1.807, 2.05) is 13.8 Å². The third-order valence-corrected chi connectivity index (χ3v) is 6.59. The smallest absolute Gasteiger partial charge is 0.253 e. The monoisotopic (exact) mass is 433 g/mol. The number of carbonyl (C=O) groups excluding carboxylic acids is 1. The van der Waals surface area contributed by atoms with E-state index in [0.29, 0.717) is 42.2 Å². The molecule has 1 aromatic carbocycles. The fraction of sp³-hybridized carbons (Fsp3) is 0.708. The van der Waals surface area contributed by atoms with Crippen LogP contribution in [-0.4, -0.2) is 43.0 Å². The highest BCUT2D eigenvalue weighted by molar-refractivity contribution is 6.00. The molecular formula is C24H36FN3O3. The van der Waals surface area contributed by atoms with E-state index in [9.17, 15) is 9.18 Å². The average Bonchev–Trinajstić information content (AvgIpc) is 3.38. The van der Waals surface area contributed by atoms with Crippen molar-refractivity contribution in [2.45, 2.75) is 95.6 Å². The molecular weight excluding hydrogens is 397 g/mol. The van der Waals surface area contributed by atoms with Crippen LogP contribution in [0.25, 0.3) is 0 Å². The molecule has 0 spiro atoms. The van der Waals surface area contributed by atoms with Gasteiger partial charge >= 0.3 is 0 Å². The highest BCUT2D eigenvalue weighted by Gasteiger charge is 2.33. The van der Waals surface area contributed by atoms with Gasteiger partial charge in [0.2, 0.25) is 0 Å². The van der Waals surface area contributed by atoms with Crippen LogP contribution in [0.15, 0.2) is 12.1 Å². The Labute approximate surface area is 184 Å². The summed E-state index contributed by atoms with van der Waals surface area (Å²) in [7, 11) is 0. The molecule has 172 valence electrons. The van der Waals surface area contributed by atoms with Crippen LogP contribution in [-0.2, 0) is 9.47 Å². The number of hydrogen-bond acceptors (Lipinski definition) is 5. The summed E-state index contributed by atoms with van der Waals surface area (Å²) in [6.45, 7) is 4.46. The lowest BCUT2D eigenvalue weighted by atomic mass is 9.95. The van der Waals surface area contributed by atoms with Crippen molar-refractivity contribution in [3.05, 3.63) is 23.5 Å². The number of rotatable bonds is 7. The largest absolute Gasteiger partial charge is 0.382 e. The summed E-state index contributed by atoms with van der Waals surface area (Å²) >= 11 is 0. The van der Waals surface area contributed by atoms with Crippen LogP contribution in [0.5, 0.6) is 0 Å². The van der Waals surface area contributed by atoms with Crippen LogP contribution in [0.1, 0.15) is 82.0 Å². The second-order valence-corrected chi connectivity index (χ2v) is 9.64. The first-order valence-electron chi connectivity index (χ1n) is 11.9. The number of halogens is 1. The lowest BCUT2D eigenvalue weighted by molar-refractivity contribution is -0.137. The molecule has 1 atom stereocenters. The van der Waals surface area contributed by atoms with Gasteiger partial charge in [0.05, 0.1) is 17.9 Å². The highest BCUT2D eigenvalue weighted by atomic mass is 19.1. The average molecular weight is 434 g/mol. The minimum absolute atomic E-state index is 0.206. The number of carbonyl (C=O) groups is 1. The molecule has 3 N–H and O–H groups in total. The number of hydrogen-bond donors (Lipinski definition) is 3. The minimum Gasteiger partial charge on any atom is -0.382 e. The molecule has 2 aliphatic carbocycles. The van der Waals surface area contributed by atoms with Crippen LogP contribution >= 0.6 is 0 Å². The summed E-state index contributed by atoms with van der Waals surface area (Å²) in [6, 6.07) is 3.78. The number of anilines is 2. The quantitative estimate of drug-likeness (QED) is 0.576. The standard InChI is InChI=1S/C24H36FN3O3/c1-24(2)30-15-18(31-24)14-26-23(29)19-12-20(25)22(28-17-8-4-3-5-9-17)13-21(19)27-16-10-6-7-11-16/h12-13,16-18,27-28H,3-11,14-15H2,1-2H3,(H,26,29). The molecule has 1 heterocycles. The molecule has 0 aromatic heterocycles. The third-order valence-electron chi connectivity index (χ3n) is 6.59. The van der Waals surface area contributed by atoms with Gasteiger partial charge in [-0.25, -0.2) is 4.39 Å². The molecule has 0 radical (unpaired) electrons. The van der Waals surface area contributed by atoms with E-state index in [-0.39, 0.29) is 17.8 Å². The van der Waals surface area contributed by atoms with Crippen molar-refractivity contribution in [3.63, 3.8) is 0 Å². The van der Waals surface area contributed by atoms with Crippen molar-refractivity contribution in [3.8, 4) is 0 Å². The zero-order valence-electron chi connectivity index (χ0n) is 18.8. The Balaban J connectivity index is 1.48. The molecule has 4 rings (SSSR count). The Hall–Kier alpha value is -1.86. The molecule has 1 aliphatic heterocycles. The Morgan fingerprint density at radius 1 is 1.00 bits per heavy atom. The molecule has 3 aliphatic rings. The molecule has 3 fully saturated rings. The topological polar surface area (TPSA) is 71.6 Å². The van der Waals surface area contributed by atoms with Gasteiger partial charge in [-0.15, -0.1) is 0 Å². The maximum Gasteiger partial charge on any atom is 0.253 e. The first kappa shape index (κ1) is 22.3. The van der Waals surface area contributed by atoms with E-state index in [4.69, 9.17) is 9.47 Å². The Morgan fingerprint density at radius 3 is 2.23 bits per heavy atom. The van der Waals surface area contributed by atoms with Crippen LogP contribution in [0.3, 0.4) is 0 Å². The molecule has 1 aromatic rings. The van der Waals surface area contributed by atoms with Crippen molar-refractivity contribution in [2.24, 2.45) is 0 Å². The van der Waals surface area contributed by atoms with E-state index in [1.54, 1.807) is 6.07 Å². The minimum atomic E-state index is -0.636. The van der Waals surface area contributed by atoms with Crippen molar-refractivity contribution in [2.75, 3.05) is 23.8 Å². The molecule has 1 unspecified atom stereocenters. The van der Waals surface area contributed by atoms with Crippen LogP contribution in [0.4, 0.5) is 15.8 Å². The first-order valence-corrected chi connectivity index (χ1v) is 11.9. The molecule has 31 heavy (non-hydrogen) atoms. The predicted molar refractivity (Wildman–Crippen MR) is 120 cm³/mol. The van der Waals surface area contributed by atoms with Gasteiger partial charge in [-0.3, -0.25) is 4.79 Å². The van der Waals surface area contributed by atoms with Crippen molar-refractivity contribution >= 4 is 17.3 Å². The molecule has 7 heteroatoms. The van der Waals surface area contributed by atoms with Gasteiger partial charge in [0.25, 0.3) is 5.91 Å². The van der Waals surface area contributed by atoms with Gasteiger partial charge in [0, 0.05) is 24.3 Å². The maximum atomic E-state index is 15.0. The van der Waals surface area contributed by atoms with Crippen LogP contribution in [0.2, 0.25) is 0 Å². The maximum absolute atomic E-state index is 15.0. The fourth-order valence-electron chi connectivity index (χ4n) is 4.91. The van der Waals surface area contributed by atoms with Gasteiger partial charge in [-0.05, 0) is 51.7 Å². The number of amides is 1. The SMILES string of the molecule is CC1(C)OCC(CNC(=O)c2cc(F)c(NC3CCCCC3)cc2NC2CCCC2)O1. The fourth-order valence-corrected chi connectivity index (χ4v) is 4.91. The highest BCUT2D eigenvalue weighted by Crippen LogP contribution is 2.31. The summed E-state index contributed by atoms with van der Waals surface area (Å²) in [6.07, 6.45) is 10.0. The molecule has 1 amide bonds. The summed E-state index contributed by atoms with van der Waals surface area (Å²) in [5.74, 6) is -1.31. The van der Waals surface area contributed by atoms with Crippen molar-refractivity contribution in [1.82, 2.24) is 5.32 Å². The zero-order chi connectivity index (χ0) is 21.8. The summed E-state index contributed by atoms with van der Waals surface area (Å²) in [4.78, 5) is 13.0. The predicted octanol–water partition coefficient (Wildman–Crippen LogP) is 4.81. The zero-order valence-corrected chi connectivity index (χ0v) is 18.8. The van der Waals surface area contributed by atoms with E-state index >= 15 is 0 Å². The second kappa shape index (κ2) is 9.74. The van der Waals surface area contributed by atoms with E-state index in [1.165, 1.54) is 38.2 Å². The van der Waals surface area contributed by atoms with E-state index in [0.717, 1.165) is 25.7 Å². The van der Waals surface area contributed by atoms with E-state index < -0.39 is 5.79 Å². The normalized spacial score (nSPS) is 24.3. The Morgan fingerprint density at radius 2 is 1.61 bits per heavy atom. The van der Waals surface area contributed by atoms with E-state index in [2.05, 4.69) is 16.0 Å². The molecule has 1 saturated heterocycles. The molecule has 0 bridgehead atoms. The van der Waals surface area contributed by atoms with Crippen molar-refractivity contribution in [1.29, 1.82) is 0 Å². The number of nitrogens with one attached hydrogen (secondary N) is 3. The van der Waals surface area contributed by atoms with Gasteiger partial charge in [0.1, 0.15) is 11.9 Å². The third kappa shape index (κ3) is 5.89. The summed E-state index contributed by atoms with van der Waals surface area (Å²) in [5, 5.41) is 9.80. The second-order valence-electron chi connectivity index (χ2n) is 9.64. The van der Waals surface area contributed by atoms with Crippen LogP contribution < -0.4 is 16.0 Å². The number of ether oxygens (including phenoxy) is 2. The Bertz CT molecular complexity index is 774. The van der Waals surface area contributed by atoms with Crippen LogP contribution in [0, 0.1) is 5.82 Å². The van der Waals surface area contributed by atoms with Gasteiger partial charge in [-0.2, -0.15) is 0 Å². The summed E-state index contributed by atoms with van der Waals surface area (Å²) in [5.41, 5.74) is 1.53. The van der Waals surface area contributed by atoms with Crippen molar-refractivity contribution < 1.29 is 18.7 Å².